The fourth-order valence-electron chi connectivity index (χ4n) is 7.70. The zero-order chi connectivity index (χ0) is 39.8. The summed E-state index contributed by atoms with van der Waals surface area (Å²) in [5, 5.41) is 0. The Labute approximate surface area is 345 Å². The van der Waals surface area contributed by atoms with Gasteiger partial charge in [0, 0.05) is 64.0 Å². The molecule has 0 fully saturated rings. The van der Waals surface area contributed by atoms with Crippen molar-refractivity contribution in [2.24, 2.45) is 0 Å². The zero-order valence-corrected chi connectivity index (χ0v) is 32.1. The number of rotatable bonds is 8. The minimum Gasteiger partial charge on any atom is -0.292 e. The molecule has 0 unspecified atom stereocenters. The highest BCUT2D eigenvalue weighted by atomic mass is 15.1. The molecule has 0 aliphatic heterocycles. The minimum absolute atomic E-state index is 0.568. The van der Waals surface area contributed by atoms with Gasteiger partial charge in [0.1, 0.15) is 11.6 Å². The quantitative estimate of drug-likeness (QED) is 0.152. The number of imidazole rings is 2. The molecular formula is C51H33N9. The molecule has 9 heteroatoms. The summed E-state index contributed by atoms with van der Waals surface area (Å²) in [4.78, 5) is 34.1. The SMILES string of the molecule is c1ccc(-c2cccc(-c3nc(-c4ccc(-n5c(-c6cccnc6)nc6ccccc65)cc4)nc(-c4ccc(-n5c(-c6cccnc6)nc6ccccc65)cc4)n3)c2)cc1. The average Bonchev–Trinajstić information content (AvgIpc) is 3.92. The highest BCUT2D eigenvalue weighted by molar-refractivity contribution is 5.85. The first-order valence-electron chi connectivity index (χ1n) is 19.6. The van der Waals surface area contributed by atoms with Gasteiger partial charge in [-0.2, -0.15) is 0 Å². The number of para-hydroxylation sites is 4. The van der Waals surface area contributed by atoms with Gasteiger partial charge in [-0.1, -0.05) is 72.8 Å². The van der Waals surface area contributed by atoms with Crippen molar-refractivity contribution in [1.82, 2.24) is 44.0 Å². The van der Waals surface area contributed by atoms with Crippen LogP contribution in [0.1, 0.15) is 0 Å². The number of hydrogen-bond acceptors (Lipinski definition) is 7. The van der Waals surface area contributed by atoms with E-state index in [1.165, 1.54) is 0 Å². The minimum atomic E-state index is 0.568. The summed E-state index contributed by atoms with van der Waals surface area (Å²) in [6.45, 7) is 0. The van der Waals surface area contributed by atoms with Gasteiger partial charge in [0.25, 0.3) is 0 Å². The first-order valence-corrected chi connectivity index (χ1v) is 19.6. The molecule has 11 aromatic rings. The average molecular weight is 772 g/mol. The molecule has 0 aliphatic rings. The summed E-state index contributed by atoms with van der Waals surface area (Å²) in [7, 11) is 0. The Balaban J connectivity index is 1.02. The van der Waals surface area contributed by atoms with Crippen LogP contribution in [0.25, 0.3) is 102 Å². The third-order valence-electron chi connectivity index (χ3n) is 10.6. The summed E-state index contributed by atoms with van der Waals surface area (Å²) in [6, 6.07) is 59.6. The van der Waals surface area contributed by atoms with Gasteiger partial charge in [-0.15, -0.1) is 0 Å². The van der Waals surface area contributed by atoms with Crippen LogP contribution in [0.15, 0.2) is 201 Å². The topological polar surface area (TPSA) is 100 Å². The van der Waals surface area contributed by atoms with Crippen LogP contribution in [0.2, 0.25) is 0 Å². The third-order valence-corrected chi connectivity index (χ3v) is 10.6. The molecule has 60 heavy (non-hydrogen) atoms. The maximum absolute atomic E-state index is 5.12. The molecule has 0 saturated heterocycles. The van der Waals surface area contributed by atoms with Crippen LogP contribution in [0.3, 0.4) is 0 Å². The third kappa shape index (κ3) is 6.36. The molecule has 0 N–H and O–H groups in total. The zero-order valence-electron chi connectivity index (χ0n) is 32.1. The van der Waals surface area contributed by atoms with E-state index < -0.39 is 0 Å². The molecule has 0 aliphatic carbocycles. The van der Waals surface area contributed by atoms with Gasteiger partial charge in [0.15, 0.2) is 17.5 Å². The maximum atomic E-state index is 5.12. The lowest BCUT2D eigenvalue weighted by Gasteiger charge is -2.13. The van der Waals surface area contributed by atoms with Gasteiger partial charge in [-0.3, -0.25) is 19.1 Å². The van der Waals surface area contributed by atoms with Crippen molar-refractivity contribution in [1.29, 1.82) is 0 Å². The molecule has 5 aromatic heterocycles. The number of aromatic nitrogens is 9. The van der Waals surface area contributed by atoms with E-state index in [4.69, 9.17) is 24.9 Å². The molecule has 9 nitrogen and oxygen atoms in total. The predicted molar refractivity (Wildman–Crippen MR) is 237 cm³/mol. The number of hydrogen-bond donors (Lipinski definition) is 0. The van der Waals surface area contributed by atoms with E-state index in [0.29, 0.717) is 17.5 Å². The molecule has 0 atom stereocenters. The molecule has 282 valence electrons. The second kappa shape index (κ2) is 14.8. The maximum Gasteiger partial charge on any atom is 0.164 e. The molecule has 0 saturated carbocycles. The Morgan fingerprint density at radius 2 is 0.733 bits per heavy atom. The van der Waals surface area contributed by atoms with Crippen LogP contribution in [0, 0.1) is 0 Å². The van der Waals surface area contributed by atoms with E-state index in [0.717, 1.165) is 84.0 Å². The van der Waals surface area contributed by atoms with E-state index >= 15 is 0 Å². The Morgan fingerprint density at radius 3 is 1.23 bits per heavy atom. The van der Waals surface area contributed by atoms with E-state index in [2.05, 4.69) is 116 Å². The highest BCUT2D eigenvalue weighted by Gasteiger charge is 2.18. The Kier molecular flexibility index (Phi) is 8.59. The van der Waals surface area contributed by atoms with E-state index in [1.807, 2.05) is 91.3 Å². The number of pyridine rings is 2. The van der Waals surface area contributed by atoms with Crippen molar-refractivity contribution in [2.75, 3.05) is 0 Å². The molecule has 5 heterocycles. The number of benzene rings is 6. The first kappa shape index (κ1) is 34.8. The normalized spacial score (nSPS) is 11.3. The van der Waals surface area contributed by atoms with Crippen molar-refractivity contribution in [3.05, 3.63) is 201 Å². The van der Waals surface area contributed by atoms with Crippen molar-refractivity contribution >= 4 is 22.1 Å². The van der Waals surface area contributed by atoms with Gasteiger partial charge < -0.3 is 0 Å². The first-order chi connectivity index (χ1) is 29.7. The second-order valence-corrected chi connectivity index (χ2v) is 14.3. The monoisotopic (exact) mass is 771 g/mol. The summed E-state index contributed by atoms with van der Waals surface area (Å²) >= 11 is 0. The van der Waals surface area contributed by atoms with Gasteiger partial charge in [-0.25, -0.2) is 24.9 Å². The van der Waals surface area contributed by atoms with E-state index in [-0.39, 0.29) is 0 Å². The van der Waals surface area contributed by atoms with Crippen LogP contribution >= 0.6 is 0 Å². The predicted octanol–water partition coefficient (Wildman–Crippen LogP) is 11.3. The second-order valence-electron chi connectivity index (χ2n) is 14.3. The van der Waals surface area contributed by atoms with Crippen molar-refractivity contribution in [2.45, 2.75) is 0 Å². The van der Waals surface area contributed by atoms with Gasteiger partial charge in [0.2, 0.25) is 0 Å². The van der Waals surface area contributed by atoms with E-state index in [9.17, 15) is 0 Å². The van der Waals surface area contributed by atoms with Gasteiger partial charge in [-0.05, 0) is 114 Å². The summed E-state index contributed by atoms with van der Waals surface area (Å²) < 4.78 is 4.33. The molecular weight excluding hydrogens is 739 g/mol. The molecule has 0 spiro atoms. The fourth-order valence-corrected chi connectivity index (χ4v) is 7.70. The largest absolute Gasteiger partial charge is 0.292 e. The lowest BCUT2D eigenvalue weighted by Crippen LogP contribution is -2.02. The highest BCUT2D eigenvalue weighted by Crippen LogP contribution is 2.33. The smallest absolute Gasteiger partial charge is 0.164 e. The van der Waals surface area contributed by atoms with Crippen molar-refractivity contribution in [3.63, 3.8) is 0 Å². The Morgan fingerprint density at radius 1 is 0.300 bits per heavy atom. The molecule has 6 aromatic carbocycles. The van der Waals surface area contributed by atoms with Gasteiger partial charge >= 0.3 is 0 Å². The summed E-state index contributed by atoms with van der Waals surface area (Å²) in [5.74, 6) is 3.36. The molecule has 0 bridgehead atoms. The number of nitrogens with zero attached hydrogens (tertiary/aromatic N) is 9. The van der Waals surface area contributed by atoms with Crippen LogP contribution < -0.4 is 0 Å². The molecule has 0 radical (unpaired) electrons. The van der Waals surface area contributed by atoms with Gasteiger partial charge in [0.05, 0.1) is 22.1 Å². The standard InChI is InChI=1S/C51H33N9/c1-2-11-34(12-3-1)37-13-8-14-38(31-37)49-57-47(35-21-25-41(26-22-35)59-45-19-6-4-17-43(45)54-50(59)39-15-9-29-52-32-39)56-48(58-49)36-23-27-42(28-24-36)60-46-20-7-5-18-44(46)55-51(60)40-16-10-30-53-33-40/h1-33H. The lowest BCUT2D eigenvalue weighted by molar-refractivity contribution is 1.07. The number of fused-ring (bicyclic) bond motifs is 2. The van der Waals surface area contributed by atoms with Crippen LogP contribution in [0.4, 0.5) is 0 Å². The van der Waals surface area contributed by atoms with Crippen molar-refractivity contribution in [3.8, 4) is 79.4 Å². The fraction of sp³-hybridized carbons (Fsp3) is 0. The van der Waals surface area contributed by atoms with Crippen LogP contribution in [0.5, 0.6) is 0 Å². The summed E-state index contributed by atoms with van der Waals surface area (Å²) in [5.41, 5.74) is 12.4. The van der Waals surface area contributed by atoms with Crippen LogP contribution in [-0.4, -0.2) is 44.0 Å². The lowest BCUT2D eigenvalue weighted by atomic mass is 10.0. The molecule has 11 rings (SSSR count). The Bertz CT molecular complexity index is 3110. The Hall–Kier alpha value is -8.43. The van der Waals surface area contributed by atoms with E-state index in [1.54, 1.807) is 12.4 Å². The molecule has 0 amide bonds. The van der Waals surface area contributed by atoms with Crippen LogP contribution in [-0.2, 0) is 0 Å². The van der Waals surface area contributed by atoms with Crippen molar-refractivity contribution < 1.29 is 0 Å². The summed E-state index contributed by atoms with van der Waals surface area (Å²) in [6.07, 6.45) is 7.24.